The number of esters is 1. The summed E-state index contributed by atoms with van der Waals surface area (Å²) < 4.78 is 51.0. The molecular weight excluding hydrogens is 330 g/mol. The Hall–Kier alpha value is -1.32. The Morgan fingerprint density at radius 3 is 2.00 bits per heavy atom. The Kier molecular flexibility index (Phi) is 4.67. The van der Waals surface area contributed by atoms with Crippen LogP contribution in [0.1, 0.15) is 10.4 Å². The van der Waals surface area contributed by atoms with Gasteiger partial charge >= 0.3 is 5.97 Å². The van der Waals surface area contributed by atoms with E-state index in [4.69, 9.17) is 11.6 Å². The number of hydrogen-bond acceptors (Lipinski definition) is 6. The zero-order valence-electron chi connectivity index (χ0n) is 10.8. The van der Waals surface area contributed by atoms with Gasteiger partial charge in [0.2, 0.25) is 20.0 Å². The molecular formula is C10H12ClNO6S2. The summed E-state index contributed by atoms with van der Waals surface area (Å²) in [6.07, 6.45) is 1.49. The number of halogens is 1. The van der Waals surface area contributed by atoms with Gasteiger partial charge in [0.05, 0.1) is 35.9 Å². The molecule has 7 nitrogen and oxygen atoms in total. The van der Waals surface area contributed by atoms with Crippen LogP contribution in [0.2, 0.25) is 5.02 Å². The van der Waals surface area contributed by atoms with E-state index in [0.717, 1.165) is 31.8 Å². The van der Waals surface area contributed by atoms with Gasteiger partial charge in [0.1, 0.15) is 0 Å². The van der Waals surface area contributed by atoms with Crippen molar-refractivity contribution in [3.8, 4) is 0 Å². The van der Waals surface area contributed by atoms with E-state index in [1.54, 1.807) is 0 Å². The minimum atomic E-state index is -4.06. The number of rotatable bonds is 4. The molecule has 0 saturated carbocycles. The first kappa shape index (κ1) is 16.7. The van der Waals surface area contributed by atoms with Crippen molar-refractivity contribution in [3.05, 3.63) is 28.8 Å². The van der Waals surface area contributed by atoms with Crippen LogP contribution in [0.15, 0.2) is 18.2 Å². The lowest BCUT2D eigenvalue weighted by atomic mass is 10.2. The lowest BCUT2D eigenvalue weighted by Gasteiger charge is -2.20. The third-order valence-electron chi connectivity index (χ3n) is 2.17. The minimum absolute atomic E-state index is 0.000122. The second-order valence-corrected chi connectivity index (χ2v) is 8.18. The molecule has 0 aromatic heterocycles. The normalized spacial score (nSPS) is 12.0. The van der Waals surface area contributed by atoms with Crippen molar-refractivity contribution in [2.75, 3.05) is 23.3 Å². The third kappa shape index (κ3) is 3.62. The lowest BCUT2D eigenvalue weighted by molar-refractivity contribution is 0.0601. The van der Waals surface area contributed by atoms with E-state index in [0.29, 0.717) is 0 Å². The van der Waals surface area contributed by atoms with Gasteiger partial charge in [0.15, 0.2) is 0 Å². The van der Waals surface area contributed by atoms with Gasteiger partial charge in [-0.15, -0.1) is 0 Å². The Balaban J connectivity index is 3.47. The molecule has 0 radical (unpaired) electrons. The first-order chi connectivity index (χ1) is 8.98. The van der Waals surface area contributed by atoms with Crippen molar-refractivity contribution in [3.63, 3.8) is 0 Å². The molecule has 0 atom stereocenters. The Morgan fingerprint density at radius 1 is 1.15 bits per heavy atom. The summed E-state index contributed by atoms with van der Waals surface area (Å²) in [5.74, 6) is -0.716. The van der Waals surface area contributed by atoms with Gasteiger partial charge in [-0.1, -0.05) is 11.6 Å². The van der Waals surface area contributed by atoms with Gasteiger partial charge in [-0.05, 0) is 18.2 Å². The maximum Gasteiger partial charge on any atom is 0.339 e. The fourth-order valence-electron chi connectivity index (χ4n) is 1.52. The number of carbonyl (C=O) groups excluding carboxylic acids is 1. The van der Waals surface area contributed by atoms with Gasteiger partial charge in [-0.25, -0.2) is 21.6 Å². The van der Waals surface area contributed by atoms with Crippen LogP contribution in [0, 0.1) is 0 Å². The number of nitrogens with zero attached hydrogens (tertiary/aromatic N) is 1. The molecule has 1 aromatic rings. The summed E-state index contributed by atoms with van der Waals surface area (Å²) >= 11 is 5.83. The summed E-state index contributed by atoms with van der Waals surface area (Å²) in [4.78, 5) is 11.4. The standard InChI is InChI=1S/C10H12ClNO6S2/c1-18-10(13)8-5-4-7(6-9(8)11)12(19(2,14)15)20(3,16)17/h4-6H,1-3H3. The molecule has 0 N–H and O–H groups in total. The van der Waals surface area contributed by atoms with Crippen LogP contribution in [0.3, 0.4) is 0 Å². The second-order valence-electron chi connectivity index (χ2n) is 3.88. The first-order valence-corrected chi connectivity index (χ1v) is 9.14. The Morgan fingerprint density at radius 2 is 1.65 bits per heavy atom. The number of carbonyl (C=O) groups is 1. The van der Waals surface area contributed by atoms with Crippen LogP contribution >= 0.6 is 11.6 Å². The van der Waals surface area contributed by atoms with E-state index in [1.807, 2.05) is 0 Å². The van der Waals surface area contributed by atoms with Crippen molar-refractivity contribution in [1.29, 1.82) is 0 Å². The van der Waals surface area contributed by atoms with Crippen LogP contribution in [-0.4, -0.2) is 42.4 Å². The lowest BCUT2D eigenvalue weighted by Crippen LogP contribution is -2.35. The highest BCUT2D eigenvalue weighted by atomic mass is 35.5. The summed E-state index contributed by atoms with van der Waals surface area (Å²) in [5, 5.41) is -0.119. The highest BCUT2D eigenvalue weighted by molar-refractivity contribution is 8.09. The summed E-state index contributed by atoms with van der Waals surface area (Å²) in [6.45, 7) is 0. The van der Waals surface area contributed by atoms with E-state index in [2.05, 4.69) is 4.74 Å². The fraction of sp³-hybridized carbons (Fsp3) is 0.300. The SMILES string of the molecule is COC(=O)c1ccc(N(S(C)(=O)=O)S(C)(=O)=O)cc1Cl. The van der Waals surface area contributed by atoms with Gasteiger partial charge in [-0.3, -0.25) is 0 Å². The van der Waals surface area contributed by atoms with Crippen molar-refractivity contribution >= 4 is 43.3 Å². The predicted molar refractivity (Wildman–Crippen MR) is 75.0 cm³/mol. The molecule has 0 unspecified atom stereocenters. The highest BCUT2D eigenvalue weighted by Crippen LogP contribution is 2.27. The van der Waals surface area contributed by atoms with Crippen molar-refractivity contribution in [2.24, 2.45) is 0 Å². The highest BCUT2D eigenvalue weighted by Gasteiger charge is 2.28. The average molecular weight is 342 g/mol. The second kappa shape index (κ2) is 5.58. The Bertz CT molecular complexity index is 709. The molecule has 0 aliphatic carbocycles. The fourth-order valence-corrected chi connectivity index (χ4v) is 4.73. The molecule has 0 fully saturated rings. The van der Waals surface area contributed by atoms with Gasteiger partial charge in [-0.2, -0.15) is 3.71 Å². The Labute approximate surface area is 122 Å². The van der Waals surface area contributed by atoms with E-state index < -0.39 is 26.0 Å². The number of anilines is 1. The molecule has 0 heterocycles. The van der Waals surface area contributed by atoms with Crippen LogP contribution in [0.5, 0.6) is 0 Å². The van der Waals surface area contributed by atoms with E-state index in [1.165, 1.54) is 6.07 Å². The number of methoxy groups -OCH3 is 1. The molecule has 20 heavy (non-hydrogen) atoms. The van der Waals surface area contributed by atoms with Crippen molar-refractivity contribution in [1.82, 2.24) is 0 Å². The largest absolute Gasteiger partial charge is 0.465 e. The van der Waals surface area contributed by atoms with Crippen LogP contribution in [0.25, 0.3) is 0 Å². The average Bonchev–Trinajstić information content (AvgIpc) is 2.24. The molecule has 0 aliphatic rings. The quantitative estimate of drug-likeness (QED) is 0.753. The topological polar surface area (TPSA) is 97.8 Å². The van der Waals surface area contributed by atoms with E-state index in [-0.39, 0.29) is 20.0 Å². The molecule has 10 heteroatoms. The van der Waals surface area contributed by atoms with Crippen LogP contribution in [-0.2, 0) is 24.8 Å². The summed E-state index contributed by atoms with van der Waals surface area (Å²) in [7, 11) is -6.96. The molecule has 0 spiro atoms. The van der Waals surface area contributed by atoms with Gasteiger partial charge in [0, 0.05) is 0 Å². The van der Waals surface area contributed by atoms with Gasteiger partial charge in [0.25, 0.3) is 0 Å². The van der Waals surface area contributed by atoms with Crippen LogP contribution < -0.4 is 3.71 Å². The maximum atomic E-state index is 11.6. The van der Waals surface area contributed by atoms with Crippen molar-refractivity contribution < 1.29 is 26.4 Å². The zero-order valence-corrected chi connectivity index (χ0v) is 13.2. The zero-order chi connectivity index (χ0) is 15.7. The molecule has 0 aliphatic heterocycles. The van der Waals surface area contributed by atoms with E-state index in [9.17, 15) is 21.6 Å². The minimum Gasteiger partial charge on any atom is -0.465 e. The van der Waals surface area contributed by atoms with Crippen molar-refractivity contribution in [2.45, 2.75) is 0 Å². The van der Waals surface area contributed by atoms with Gasteiger partial charge < -0.3 is 4.74 Å². The predicted octanol–water partition coefficient (Wildman–Crippen LogP) is 0.852. The number of benzene rings is 1. The number of hydrogen-bond donors (Lipinski definition) is 0. The molecule has 0 bridgehead atoms. The molecule has 112 valence electrons. The molecule has 1 rings (SSSR count). The smallest absolute Gasteiger partial charge is 0.339 e. The maximum absolute atomic E-state index is 11.6. The molecule has 0 amide bonds. The number of ether oxygens (including phenoxy) is 1. The summed E-state index contributed by atoms with van der Waals surface area (Å²) in [5.41, 5.74) is -0.187. The molecule has 1 aromatic carbocycles. The third-order valence-corrected chi connectivity index (χ3v) is 5.74. The number of sulfonamides is 2. The summed E-state index contributed by atoms with van der Waals surface area (Å²) in [6, 6.07) is 3.41. The monoisotopic (exact) mass is 341 g/mol. The van der Waals surface area contributed by atoms with Crippen LogP contribution in [0.4, 0.5) is 5.69 Å². The first-order valence-electron chi connectivity index (χ1n) is 5.07. The molecule has 0 saturated heterocycles. The van der Waals surface area contributed by atoms with E-state index >= 15 is 0 Å².